The molecule has 2 unspecified atom stereocenters. The highest BCUT2D eigenvalue weighted by Gasteiger charge is 2.50. The fourth-order valence-electron chi connectivity index (χ4n) is 5.42. The minimum absolute atomic E-state index is 0.0118. The van der Waals surface area contributed by atoms with E-state index in [2.05, 4.69) is 34.9 Å². The maximum Gasteiger partial charge on any atom is 0.407 e. The van der Waals surface area contributed by atoms with E-state index in [1.807, 2.05) is 24.3 Å². The van der Waals surface area contributed by atoms with Gasteiger partial charge in [-0.2, -0.15) is 0 Å². The Balaban J connectivity index is 1.08. The van der Waals surface area contributed by atoms with Crippen molar-refractivity contribution < 1.29 is 24.2 Å². The molecule has 5 rings (SSSR count). The number of carbonyl (C=O) groups is 3. The largest absolute Gasteiger partial charge is 0.481 e. The predicted octanol–water partition coefficient (Wildman–Crippen LogP) is 4.06. The third-order valence-corrected chi connectivity index (χ3v) is 7.61. The molecule has 2 saturated carbocycles. The van der Waals surface area contributed by atoms with Crippen molar-refractivity contribution in [3.8, 4) is 11.1 Å². The number of rotatable bonds is 8. The summed E-state index contributed by atoms with van der Waals surface area (Å²) >= 11 is 0. The number of ether oxygens (including phenoxy) is 1. The first kappa shape index (κ1) is 22.4. The molecule has 0 saturated heterocycles. The van der Waals surface area contributed by atoms with Gasteiger partial charge in [0.05, 0.1) is 5.41 Å². The summed E-state index contributed by atoms with van der Waals surface area (Å²) < 4.78 is 5.64. The predicted molar refractivity (Wildman–Crippen MR) is 126 cm³/mol. The summed E-state index contributed by atoms with van der Waals surface area (Å²) in [6, 6.07) is 16.5. The molecule has 0 aliphatic heterocycles. The molecule has 0 bridgehead atoms. The molecule has 178 valence electrons. The molecule has 0 aromatic heterocycles. The van der Waals surface area contributed by atoms with Crippen LogP contribution in [-0.4, -0.2) is 42.3 Å². The van der Waals surface area contributed by atoms with E-state index >= 15 is 0 Å². The zero-order valence-corrected chi connectivity index (χ0v) is 19.1. The Morgan fingerprint density at radius 2 is 1.62 bits per heavy atom. The molecule has 7 heteroatoms. The van der Waals surface area contributed by atoms with Gasteiger partial charge in [-0.05, 0) is 60.3 Å². The fraction of sp³-hybridized carbons (Fsp3) is 0.444. The van der Waals surface area contributed by atoms with Gasteiger partial charge >= 0.3 is 12.1 Å². The normalized spacial score (nSPS) is 21.9. The van der Waals surface area contributed by atoms with E-state index in [0.29, 0.717) is 19.3 Å². The first-order chi connectivity index (χ1) is 16.4. The lowest BCUT2D eigenvalue weighted by molar-refractivity contribution is -0.143. The lowest BCUT2D eigenvalue weighted by Crippen LogP contribution is -2.35. The van der Waals surface area contributed by atoms with Crippen LogP contribution in [-0.2, 0) is 14.3 Å². The van der Waals surface area contributed by atoms with Crippen LogP contribution in [0, 0.1) is 11.3 Å². The van der Waals surface area contributed by atoms with Crippen molar-refractivity contribution in [3.63, 3.8) is 0 Å². The number of carboxylic acid groups (broad SMARTS) is 1. The van der Waals surface area contributed by atoms with Gasteiger partial charge in [-0.1, -0.05) is 48.5 Å². The van der Waals surface area contributed by atoms with Gasteiger partial charge in [0.2, 0.25) is 5.91 Å². The van der Waals surface area contributed by atoms with Crippen molar-refractivity contribution in [2.45, 2.75) is 50.5 Å². The molecule has 2 aromatic rings. The molecule has 3 aliphatic rings. The highest BCUT2D eigenvalue weighted by molar-refractivity contribution is 5.81. The summed E-state index contributed by atoms with van der Waals surface area (Å²) in [5.74, 6) is -0.738. The van der Waals surface area contributed by atoms with E-state index in [-0.39, 0.29) is 36.9 Å². The number of hydrogen-bond donors (Lipinski definition) is 3. The van der Waals surface area contributed by atoms with Crippen LogP contribution in [0.3, 0.4) is 0 Å². The molecule has 7 nitrogen and oxygen atoms in total. The summed E-state index contributed by atoms with van der Waals surface area (Å²) in [6.07, 6.45) is 3.57. The van der Waals surface area contributed by atoms with E-state index < -0.39 is 17.5 Å². The molecule has 2 atom stereocenters. The molecule has 0 heterocycles. The van der Waals surface area contributed by atoms with Gasteiger partial charge in [0.15, 0.2) is 0 Å². The van der Waals surface area contributed by atoms with E-state index in [4.69, 9.17) is 4.74 Å². The lowest BCUT2D eigenvalue weighted by Gasteiger charge is -2.17. The van der Waals surface area contributed by atoms with Gasteiger partial charge in [0.1, 0.15) is 6.61 Å². The summed E-state index contributed by atoms with van der Waals surface area (Å²) in [5, 5.41) is 15.0. The quantitative estimate of drug-likeness (QED) is 0.549. The molecule has 2 amide bonds. The lowest BCUT2D eigenvalue weighted by atomic mass is 9.98. The number of benzene rings is 2. The first-order valence-corrected chi connectivity index (χ1v) is 12.1. The molecule has 3 aliphatic carbocycles. The summed E-state index contributed by atoms with van der Waals surface area (Å²) in [4.78, 5) is 36.0. The van der Waals surface area contributed by atoms with Crippen molar-refractivity contribution in [2.75, 3.05) is 13.2 Å². The van der Waals surface area contributed by atoms with Gasteiger partial charge in [-0.3, -0.25) is 9.59 Å². The van der Waals surface area contributed by atoms with Crippen LogP contribution >= 0.6 is 0 Å². The second-order valence-electron chi connectivity index (χ2n) is 9.91. The summed E-state index contributed by atoms with van der Waals surface area (Å²) in [6.45, 7) is 0.485. The van der Waals surface area contributed by atoms with Crippen LogP contribution in [0.2, 0.25) is 0 Å². The standard InChI is InChI=1S/C27H30N2O5/c30-24(28-16-27(11-12-27)25(31)32)14-17-9-10-18(13-17)29-26(33)34-15-23-21-7-3-1-5-19(21)20-6-2-4-8-22(20)23/h1-8,17-18,23H,9-16H2,(H,28,30)(H,29,33)(H,31,32). The number of nitrogens with one attached hydrogen (secondary N) is 2. The number of hydrogen-bond acceptors (Lipinski definition) is 4. The first-order valence-electron chi connectivity index (χ1n) is 12.1. The molecular weight excluding hydrogens is 432 g/mol. The third kappa shape index (κ3) is 4.52. The topological polar surface area (TPSA) is 105 Å². The molecule has 2 fully saturated rings. The molecule has 34 heavy (non-hydrogen) atoms. The maximum absolute atomic E-state index is 12.5. The second kappa shape index (κ2) is 9.12. The van der Waals surface area contributed by atoms with Crippen molar-refractivity contribution >= 4 is 18.0 Å². The zero-order valence-electron chi connectivity index (χ0n) is 19.1. The van der Waals surface area contributed by atoms with Crippen LogP contribution in [0.1, 0.15) is 55.6 Å². The van der Waals surface area contributed by atoms with Gasteiger partial charge in [0, 0.05) is 24.9 Å². The number of carboxylic acids is 1. The molecule has 0 radical (unpaired) electrons. The molecule has 3 N–H and O–H groups in total. The number of amides is 2. The number of fused-ring (bicyclic) bond motifs is 3. The van der Waals surface area contributed by atoms with Crippen molar-refractivity contribution in [1.29, 1.82) is 0 Å². The van der Waals surface area contributed by atoms with Gasteiger partial charge in [-0.25, -0.2) is 4.79 Å². The Hall–Kier alpha value is -3.35. The van der Waals surface area contributed by atoms with E-state index in [1.165, 1.54) is 22.3 Å². The fourth-order valence-corrected chi connectivity index (χ4v) is 5.42. The van der Waals surface area contributed by atoms with Crippen LogP contribution in [0.15, 0.2) is 48.5 Å². The van der Waals surface area contributed by atoms with E-state index in [9.17, 15) is 19.5 Å². The Morgan fingerprint density at radius 3 is 2.24 bits per heavy atom. The van der Waals surface area contributed by atoms with Crippen molar-refractivity contribution in [1.82, 2.24) is 10.6 Å². The SMILES string of the molecule is O=C(CC1CCC(NC(=O)OCC2c3ccccc3-c3ccccc32)C1)NCC1(C(=O)O)CC1. The van der Waals surface area contributed by atoms with Crippen molar-refractivity contribution in [3.05, 3.63) is 59.7 Å². The molecular formula is C27H30N2O5. The highest BCUT2D eigenvalue weighted by atomic mass is 16.5. The van der Waals surface area contributed by atoms with Crippen LogP contribution in [0.4, 0.5) is 4.79 Å². The summed E-state index contributed by atoms with van der Waals surface area (Å²) in [7, 11) is 0. The monoisotopic (exact) mass is 462 g/mol. The van der Waals surface area contributed by atoms with Crippen molar-refractivity contribution in [2.24, 2.45) is 11.3 Å². The average Bonchev–Trinajstić information content (AvgIpc) is 3.41. The zero-order chi connectivity index (χ0) is 23.7. The smallest absolute Gasteiger partial charge is 0.407 e. The molecule has 0 spiro atoms. The van der Waals surface area contributed by atoms with Gasteiger partial charge in [-0.15, -0.1) is 0 Å². The second-order valence-corrected chi connectivity index (χ2v) is 9.91. The average molecular weight is 463 g/mol. The number of carbonyl (C=O) groups excluding carboxylic acids is 2. The van der Waals surface area contributed by atoms with Crippen LogP contribution in [0.5, 0.6) is 0 Å². The number of alkyl carbamates (subject to hydrolysis) is 1. The Kier molecular flexibility index (Phi) is 6.02. The van der Waals surface area contributed by atoms with Crippen LogP contribution in [0.25, 0.3) is 11.1 Å². The van der Waals surface area contributed by atoms with Gasteiger partial charge in [0.25, 0.3) is 0 Å². The minimum atomic E-state index is -0.832. The third-order valence-electron chi connectivity index (χ3n) is 7.61. The molecule has 2 aromatic carbocycles. The van der Waals surface area contributed by atoms with E-state index in [0.717, 1.165) is 19.3 Å². The van der Waals surface area contributed by atoms with Crippen LogP contribution < -0.4 is 10.6 Å². The minimum Gasteiger partial charge on any atom is -0.481 e. The van der Waals surface area contributed by atoms with Gasteiger partial charge < -0.3 is 20.5 Å². The number of aliphatic carboxylic acids is 1. The highest BCUT2D eigenvalue weighted by Crippen LogP contribution is 2.45. The van der Waals surface area contributed by atoms with E-state index in [1.54, 1.807) is 0 Å². The Bertz CT molecular complexity index is 1060. The Labute approximate surface area is 198 Å². The Morgan fingerprint density at radius 1 is 0.971 bits per heavy atom. The maximum atomic E-state index is 12.5. The summed E-state index contributed by atoms with van der Waals surface area (Å²) in [5.41, 5.74) is 4.00.